The van der Waals surface area contributed by atoms with E-state index in [4.69, 9.17) is 4.74 Å². The predicted octanol–water partition coefficient (Wildman–Crippen LogP) is 3.31. The molecule has 152 valence electrons. The third-order valence-corrected chi connectivity index (χ3v) is 4.73. The molecule has 0 radical (unpaired) electrons. The minimum absolute atomic E-state index is 0.0533. The minimum Gasteiger partial charge on any atom is -0.465 e. The van der Waals surface area contributed by atoms with Crippen molar-refractivity contribution in [2.75, 3.05) is 23.4 Å². The number of para-hydroxylation sites is 3. The number of nitro benzene ring substituents is 1. The number of amides is 1. The van der Waals surface area contributed by atoms with Crippen molar-refractivity contribution in [2.45, 2.75) is 32.2 Å². The Labute approximate surface area is 168 Å². The number of carbonyl (C=O) groups is 2. The number of nitrogens with zero attached hydrogens (tertiary/aromatic N) is 2. The number of anilines is 2. The fourth-order valence-corrected chi connectivity index (χ4v) is 3.33. The predicted molar refractivity (Wildman–Crippen MR) is 109 cm³/mol. The van der Waals surface area contributed by atoms with Crippen LogP contribution in [0.4, 0.5) is 17.1 Å². The maximum atomic E-state index is 12.8. The van der Waals surface area contributed by atoms with Gasteiger partial charge in [-0.3, -0.25) is 19.7 Å². The third kappa shape index (κ3) is 4.53. The van der Waals surface area contributed by atoms with Crippen molar-refractivity contribution in [3.8, 4) is 0 Å². The highest BCUT2D eigenvalue weighted by molar-refractivity contribution is 6.07. The fourth-order valence-electron chi connectivity index (χ4n) is 3.33. The van der Waals surface area contributed by atoms with Crippen LogP contribution in [-0.4, -0.2) is 35.5 Å². The summed E-state index contributed by atoms with van der Waals surface area (Å²) in [5.74, 6) is -0.589. The summed E-state index contributed by atoms with van der Waals surface area (Å²) in [6.07, 6.45) is 0.290. The Balaban J connectivity index is 1.56. The zero-order valence-corrected chi connectivity index (χ0v) is 16.4. The van der Waals surface area contributed by atoms with Crippen LogP contribution in [0.5, 0.6) is 0 Å². The van der Waals surface area contributed by atoms with E-state index >= 15 is 0 Å². The molecule has 2 aromatic carbocycles. The molecular weight excluding hydrogens is 374 g/mol. The first-order valence-electron chi connectivity index (χ1n) is 9.37. The van der Waals surface area contributed by atoms with E-state index in [-0.39, 0.29) is 24.6 Å². The van der Waals surface area contributed by atoms with Gasteiger partial charge in [-0.1, -0.05) is 30.3 Å². The van der Waals surface area contributed by atoms with E-state index in [0.29, 0.717) is 18.5 Å². The molecule has 0 atom stereocenters. The summed E-state index contributed by atoms with van der Waals surface area (Å²) in [5, 5.41) is 14.3. The van der Waals surface area contributed by atoms with Crippen molar-refractivity contribution in [3.63, 3.8) is 0 Å². The lowest BCUT2D eigenvalue weighted by molar-refractivity contribution is -0.385. The largest absolute Gasteiger partial charge is 0.465 e. The molecule has 0 aliphatic carbocycles. The molecule has 1 aliphatic rings. The number of hydrogen-bond donors (Lipinski definition) is 1. The third-order valence-electron chi connectivity index (χ3n) is 4.73. The highest BCUT2D eigenvalue weighted by Crippen LogP contribution is 2.35. The first kappa shape index (κ1) is 20.3. The van der Waals surface area contributed by atoms with Crippen LogP contribution in [0.25, 0.3) is 0 Å². The first-order chi connectivity index (χ1) is 13.8. The van der Waals surface area contributed by atoms with Crippen molar-refractivity contribution >= 4 is 28.9 Å². The van der Waals surface area contributed by atoms with Gasteiger partial charge in [-0.2, -0.15) is 0 Å². The molecule has 1 amide bonds. The SMILES string of the molecule is CC1(C)Nc2ccccc2N(CCCOC(=O)Cc2ccccc2[N+](=O)[O-])C1=O. The standard InChI is InChI=1S/C21H23N3O5/c1-21(2)20(26)23(18-11-6-4-9-16(18)22-21)12-7-13-29-19(25)14-15-8-3-5-10-17(15)24(27)28/h3-6,8-11,22H,7,12-14H2,1-2H3. The van der Waals surface area contributed by atoms with E-state index in [1.165, 1.54) is 12.1 Å². The molecular formula is C21H23N3O5. The van der Waals surface area contributed by atoms with Crippen molar-refractivity contribution < 1.29 is 19.2 Å². The summed E-state index contributed by atoms with van der Waals surface area (Å²) in [6, 6.07) is 13.7. The van der Waals surface area contributed by atoms with Crippen LogP contribution in [0.1, 0.15) is 25.8 Å². The fraction of sp³-hybridized carbons (Fsp3) is 0.333. The van der Waals surface area contributed by atoms with Crippen molar-refractivity contribution in [3.05, 3.63) is 64.2 Å². The van der Waals surface area contributed by atoms with E-state index in [0.717, 1.165) is 11.4 Å². The molecule has 3 rings (SSSR count). The topological polar surface area (TPSA) is 102 Å². The van der Waals surface area contributed by atoms with Gasteiger partial charge in [-0.15, -0.1) is 0 Å². The number of esters is 1. The van der Waals surface area contributed by atoms with Gasteiger partial charge in [-0.25, -0.2) is 0 Å². The lowest BCUT2D eigenvalue weighted by atomic mass is 9.98. The number of nitrogens with one attached hydrogen (secondary N) is 1. The molecule has 1 N–H and O–H groups in total. The van der Waals surface area contributed by atoms with Crippen LogP contribution in [0.15, 0.2) is 48.5 Å². The van der Waals surface area contributed by atoms with E-state index in [2.05, 4.69) is 5.32 Å². The van der Waals surface area contributed by atoms with Gasteiger partial charge >= 0.3 is 5.97 Å². The number of fused-ring (bicyclic) bond motifs is 1. The number of rotatable bonds is 7. The Morgan fingerprint density at radius 3 is 2.62 bits per heavy atom. The molecule has 0 spiro atoms. The van der Waals surface area contributed by atoms with Gasteiger partial charge in [-0.05, 0) is 32.4 Å². The zero-order valence-electron chi connectivity index (χ0n) is 16.4. The van der Waals surface area contributed by atoms with Gasteiger partial charge in [0.05, 0.1) is 29.3 Å². The molecule has 29 heavy (non-hydrogen) atoms. The lowest BCUT2D eigenvalue weighted by Crippen LogP contribution is -2.54. The van der Waals surface area contributed by atoms with Crippen LogP contribution in [0, 0.1) is 10.1 Å². The van der Waals surface area contributed by atoms with Crippen LogP contribution in [0.2, 0.25) is 0 Å². The molecule has 0 saturated carbocycles. The number of hydrogen-bond acceptors (Lipinski definition) is 6. The molecule has 2 aromatic rings. The highest BCUT2D eigenvalue weighted by Gasteiger charge is 2.38. The number of ether oxygens (including phenoxy) is 1. The smallest absolute Gasteiger partial charge is 0.310 e. The maximum Gasteiger partial charge on any atom is 0.310 e. The molecule has 0 aromatic heterocycles. The van der Waals surface area contributed by atoms with E-state index < -0.39 is 16.4 Å². The van der Waals surface area contributed by atoms with E-state index in [1.807, 2.05) is 38.1 Å². The van der Waals surface area contributed by atoms with Crippen LogP contribution in [-0.2, 0) is 20.7 Å². The molecule has 0 saturated heterocycles. The van der Waals surface area contributed by atoms with Gasteiger partial charge in [0.25, 0.3) is 11.6 Å². The number of carbonyl (C=O) groups excluding carboxylic acids is 2. The maximum absolute atomic E-state index is 12.8. The van der Waals surface area contributed by atoms with E-state index in [1.54, 1.807) is 17.0 Å². The summed E-state index contributed by atoms with van der Waals surface area (Å²) < 4.78 is 5.23. The summed E-state index contributed by atoms with van der Waals surface area (Å²) in [7, 11) is 0. The highest BCUT2D eigenvalue weighted by atomic mass is 16.6. The molecule has 8 nitrogen and oxygen atoms in total. The van der Waals surface area contributed by atoms with Gasteiger partial charge in [0, 0.05) is 18.2 Å². The molecule has 1 aliphatic heterocycles. The second kappa shape index (κ2) is 8.30. The molecule has 1 heterocycles. The minimum atomic E-state index is -0.725. The Morgan fingerprint density at radius 2 is 1.86 bits per heavy atom. The van der Waals surface area contributed by atoms with Gasteiger partial charge in [0.2, 0.25) is 0 Å². The molecule has 8 heteroatoms. The van der Waals surface area contributed by atoms with Gasteiger partial charge in [0.15, 0.2) is 0 Å². The second-order valence-corrected chi connectivity index (χ2v) is 7.36. The first-order valence-corrected chi connectivity index (χ1v) is 9.37. The number of nitro groups is 1. The Morgan fingerprint density at radius 1 is 1.17 bits per heavy atom. The molecule has 0 fully saturated rings. The second-order valence-electron chi connectivity index (χ2n) is 7.36. The average molecular weight is 397 g/mol. The Bertz CT molecular complexity index is 941. The molecule has 0 unspecified atom stereocenters. The van der Waals surface area contributed by atoms with Crippen LogP contribution < -0.4 is 10.2 Å². The van der Waals surface area contributed by atoms with Gasteiger partial charge < -0.3 is 15.0 Å². The average Bonchev–Trinajstić information content (AvgIpc) is 2.67. The van der Waals surface area contributed by atoms with Crippen molar-refractivity contribution in [1.82, 2.24) is 0 Å². The quantitative estimate of drug-likeness (QED) is 0.333. The summed E-state index contributed by atoms with van der Waals surface area (Å²) in [6.45, 7) is 4.18. The Hall–Kier alpha value is -3.42. The van der Waals surface area contributed by atoms with Gasteiger partial charge in [0.1, 0.15) is 5.54 Å². The number of benzene rings is 2. The lowest BCUT2D eigenvalue weighted by Gasteiger charge is -2.40. The van der Waals surface area contributed by atoms with E-state index in [9.17, 15) is 19.7 Å². The van der Waals surface area contributed by atoms with Crippen molar-refractivity contribution in [2.24, 2.45) is 0 Å². The van der Waals surface area contributed by atoms with Crippen LogP contribution >= 0.6 is 0 Å². The normalized spacial score (nSPS) is 14.7. The summed E-state index contributed by atoms with van der Waals surface area (Å²) >= 11 is 0. The Kier molecular flexibility index (Phi) is 5.81. The zero-order chi connectivity index (χ0) is 21.0. The van der Waals surface area contributed by atoms with Crippen molar-refractivity contribution in [1.29, 1.82) is 0 Å². The molecule has 0 bridgehead atoms. The summed E-state index contributed by atoms with van der Waals surface area (Å²) in [4.78, 5) is 37.1. The summed E-state index contributed by atoms with van der Waals surface area (Å²) in [5.41, 5.74) is 1.16. The van der Waals surface area contributed by atoms with Crippen LogP contribution in [0.3, 0.4) is 0 Å². The monoisotopic (exact) mass is 397 g/mol.